The summed E-state index contributed by atoms with van der Waals surface area (Å²) in [7, 11) is 0. The number of rotatable bonds is 3. The molecule has 2 nitrogen and oxygen atoms in total. The number of piperidine rings is 1. The van der Waals surface area contributed by atoms with Crippen molar-refractivity contribution < 1.29 is 5.11 Å². The molecule has 0 aromatic heterocycles. The smallest absolute Gasteiger partial charge is 0.0916 e. The van der Waals surface area contributed by atoms with Crippen molar-refractivity contribution in [3.63, 3.8) is 0 Å². The third-order valence-corrected chi connectivity index (χ3v) is 4.04. The zero-order valence-corrected chi connectivity index (χ0v) is 12.5. The Labute approximate surface area is 117 Å². The summed E-state index contributed by atoms with van der Waals surface area (Å²) in [5.41, 5.74) is 2.54. The van der Waals surface area contributed by atoms with Gasteiger partial charge in [-0.15, -0.1) is 0 Å². The van der Waals surface area contributed by atoms with Crippen LogP contribution in [0, 0.1) is 0 Å². The van der Waals surface area contributed by atoms with Crippen LogP contribution in [-0.4, -0.2) is 29.6 Å². The van der Waals surface area contributed by atoms with Gasteiger partial charge in [0, 0.05) is 6.54 Å². The van der Waals surface area contributed by atoms with Crippen molar-refractivity contribution in [3.05, 3.63) is 35.4 Å². The number of hydrogen-bond acceptors (Lipinski definition) is 2. The predicted molar refractivity (Wildman–Crippen MR) is 80.4 cm³/mol. The lowest BCUT2D eigenvalue weighted by Crippen LogP contribution is -2.33. The molecule has 1 saturated heterocycles. The van der Waals surface area contributed by atoms with Crippen LogP contribution in [0.15, 0.2) is 24.3 Å². The molecule has 1 N–H and O–H groups in total. The van der Waals surface area contributed by atoms with Crippen LogP contribution in [0.4, 0.5) is 0 Å². The van der Waals surface area contributed by atoms with Gasteiger partial charge in [0.2, 0.25) is 0 Å². The molecule has 1 unspecified atom stereocenters. The van der Waals surface area contributed by atoms with Gasteiger partial charge in [-0.05, 0) is 42.5 Å². The third-order valence-electron chi connectivity index (χ3n) is 4.04. The number of hydrogen-bond donors (Lipinski definition) is 1. The average Bonchev–Trinajstić information content (AvgIpc) is 2.39. The normalized spacial score (nSPS) is 19.4. The van der Waals surface area contributed by atoms with Crippen molar-refractivity contribution in [1.82, 2.24) is 4.90 Å². The van der Waals surface area contributed by atoms with Gasteiger partial charge < -0.3 is 10.0 Å². The Balaban J connectivity index is 1.97. The maximum atomic E-state index is 10.3. The van der Waals surface area contributed by atoms with E-state index in [2.05, 4.69) is 49.9 Å². The first-order valence-corrected chi connectivity index (χ1v) is 7.48. The van der Waals surface area contributed by atoms with Gasteiger partial charge in [0.25, 0.3) is 0 Å². The number of aliphatic hydroxyl groups is 1. The maximum absolute atomic E-state index is 10.3. The topological polar surface area (TPSA) is 23.5 Å². The second-order valence-electron chi connectivity index (χ2n) is 6.75. The van der Waals surface area contributed by atoms with E-state index < -0.39 is 0 Å². The molecule has 1 fully saturated rings. The molecule has 19 heavy (non-hydrogen) atoms. The van der Waals surface area contributed by atoms with Crippen molar-refractivity contribution in [2.45, 2.75) is 51.6 Å². The fourth-order valence-corrected chi connectivity index (χ4v) is 2.70. The predicted octanol–water partition coefficient (Wildman–Crippen LogP) is 3.50. The lowest BCUT2D eigenvalue weighted by Gasteiger charge is -2.28. The summed E-state index contributed by atoms with van der Waals surface area (Å²) in [5, 5.41) is 10.3. The second-order valence-corrected chi connectivity index (χ2v) is 6.75. The van der Waals surface area contributed by atoms with Gasteiger partial charge in [0.15, 0.2) is 0 Å². The van der Waals surface area contributed by atoms with Crippen LogP contribution < -0.4 is 0 Å². The highest BCUT2D eigenvalue weighted by molar-refractivity contribution is 5.28. The van der Waals surface area contributed by atoms with E-state index in [1.54, 1.807) is 0 Å². The molecule has 0 saturated carbocycles. The summed E-state index contributed by atoms with van der Waals surface area (Å²) < 4.78 is 0. The van der Waals surface area contributed by atoms with Crippen molar-refractivity contribution >= 4 is 0 Å². The molecule has 2 heteroatoms. The zero-order chi connectivity index (χ0) is 13.9. The van der Waals surface area contributed by atoms with E-state index in [1.165, 1.54) is 24.8 Å². The number of β-amino-alcohol motifs (C(OH)–C–C–N with tert-alkyl or cyclic N) is 1. The molecule has 1 atom stereocenters. The summed E-state index contributed by atoms with van der Waals surface area (Å²) in [6, 6.07) is 8.45. The van der Waals surface area contributed by atoms with E-state index in [4.69, 9.17) is 0 Å². The Morgan fingerprint density at radius 1 is 1.05 bits per heavy atom. The summed E-state index contributed by atoms with van der Waals surface area (Å²) in [6.45, 7) is 9.69. The monoisotopic (exact) mass is 261 g/mol. The number of nitrogens with zero attached hydrogens (tertiary/aromatic N) is 1. The molecule has 1 aromatic rings. The van der Waals surface area contributed by atoms with Crippen molar-refractivity contribution in [1.29, 1.82) is 0 Å². The summed E-state index contributed by atoms with van der Waals surface area (Å²) in [5.74, 6) is 0. The highest BCUT2D eigenvalue weighted by Crippen LogP contribution is 2.24. The largest absolute Gasteiger partial charge is 0.387 e. The SMILES string of the molecule is CC(C)(C)c1ccc(C(O)CN2CCCCC2)cc1. The Morgan fingerprint density at radius 2 is 1.63 bits per heavy atom. The first-order chi connectivity index (χ1) is 8.97. The molecular formula is C17H27NO. The molecule has 0 spiro atoms. The summed E-state index contributed by atoms with van der Waals surface area (Å²) >= 11 is 0. The molecule has 0 radical (unpaired) electrons. The second kappa shape index (κ2) is 6.06. The molecule has 0 aliphatic carbocycles. The molecule has 1 aliphatic heterocycles. The minimum atomic E-state index is -0.355. The number of aliphatic hydroxyl groups excluding tert-OH is 1. The van der Waals surface area contributed by atoms with E-state index in [-0.39, 0.29) is 11.5 Å². The van der Waals surface area contributed by atoms with Gasteiger partial charge in [-0.3, -0.25) is 0 Å². The number of likely N-dealkylation sites (tertiary alicyclic amines) is 1. The zero-order valence-electron chi connectivity index (χ0n) is 12.5. The Bertz CT molecular complexity index is 385. The van der Waals surface area contributed by atoms with E-state index in [9.17, 15) is 5.11 Å². The van der Waals surface area contributed by atoms with Crippen LogP contribution in [0.25, 0.3) is 0 Å². The molecular weight excluding hydrogens is 234 g/mol. The quantitative estimate of drug-likeness (QED) is 0.900. The van der Waals surface area contributed by atoms with Crippen molar-refractivity contribution in [2.75, 3.05) is 19.6 Å². The van der Waals surface area contributed by atoms with E-state index in [1.807, 2.05) is 0 Å². The van der Waals surface area contributed by atoms with Gasteiger partial charge in [0.1, 0.15) is 0 Å². The lowest BCUT2D eigenvalue weighted by molar-refractivity contribution is 0.101. The Kier molecular flexibility index (Phi) is 4.64. The highest BCUT2D eigenvalue weighted by Gasteiger charge is 2.17. The van der Waals surface area contributed by atoms with Crippen LogP contribution >= 0.6 is 0 Å². The third kappa shape index (κ3) is 4.05. The van der Waals surface area contributed by atoms with E-state index in [0.29, 0.717) is 0 Å². The van der Waals surface area contributed by atoms with Crippen molar-refractivity contribution in [2.24, 2.45) is 0 Å². The van der Waals surface area contributed by atoms with Gasteiger partial charge >= 0.3 is 0 Å². The minimum Gasteiger partial charge on any atom is -0.387 e. The van der Waals surface area contributed by atoms with Crippen LogP contribution in [0.1, 0.15) is 57.3 Å². The molecule has 0 bridgehead atoms. The fraction of sp³-hybridized carbons (Fsp3) is 0.647. The van der Waals surface area contributed by atoms with E-state index in [0.717, 1.165) is 25.2 Å². The lowest BCUT2D eigenvalue weighted by atomic mass is 9.86. The average molecular weight is 261 g/mol. The Morgan fingerprint density at radius 3 is 2.16 bits per heavy atom. The Hall–Kier alpha value is -0.860. The molecule has 0 amide bonds. The van der Waals surface area contributed by atoms with Crippen LogP contribution in [0.3, 0.4) is 0 Å². The molecule has 1 aromatic carbocycles. The first-order valence-electron chi connectivity index (χ1n) is 7.48. The summed E-state index contributed by atoms with van der Waals surface area (Å²) in [4.78, 5) is 2.38. The minimum absolute atomic E-state index is 0.177. The standard InChI is InChI=1S/C17H27NO/c1-17(2,3)15-9-7-14(8-10-15)16(19)13-18-11-5-4-6-12-18/h7-10,16,19H,4-6,11-13H2,1-3H3. The van der Waals surface area contributed by atoms with Gasteiger partial charge in [-0.2, -0.15) is 0 Å². The van der Waals surface area contributed by atoms with Gasteiger partial charge in [0.05, 0.1) is 6.10 Å². The molecule has 106 valence electrons. The van der Waals surface area contributed by atoms with Gasteiger partial charge in [-0.25, -0.2) is 0 Å². The molecule has 1 heterocycles. The fourth-order valence-electron chi connectivity index (χ4n) is 2.70. The summed E-state index contributed by atoms with van der Waals surface area (Å²) in [6.07, 6.45) is 3.53. The van der Waals surface area contributed by atoms with E-state index >= 15 is 0 Å². The number of benzene rings is 1. The van der Waals surface area contributed by atoms with Crippen LogP contribution in [0.5, 0.6) is 0 Å². The van der Waals surface area contributed by atoms with Crippen LogP contribution in [-0.2, 0) is 5.41 Å². The maximum Gasteiger partial charge on any atom is 0.0916 e. The molecule has 1 aliphatic rings. The van der Waals surface area contributed by atoms with Crippen LogP contribution in [0.2, 0.25) is 0 Å². The highest BCUT2D eigenvalue weighted by atomic mass is 16.3. The molecule has 2 rings (SSSR count). The van der Waals surface area contributed by atoms with Gasteiger partial charge in [-0.1, -0.05) is 51.5 Å². The first kappa shape index (κ1) is 14.5. The van der Waals surface area contributed by atoms with Crippen molar-refractivity contribution in [3.8, 4) is 0 Å².